The fraction of sp³-hybridized carbons (Fsp3) is 0.609. The van der Waals surface area contributed by atoms with Crippen LogP contribution in [0.3, 0.4) is 0 Å². The van der Waals surface area contributed by atoms with E-state index in [4.69, 9.17) is 10.8 Å². The molecule has 0 radical (unpaired) electrons. The van der Waals surface area contributed by atoms with E-state index >= 15 is 0 Å². The van der Waals surface area contributed by atoms with Crippen LogP contribution in [0.25, 0.3) is 0 Å². The SMILES string of the molecule is [2H]C#Cc1cc([N+](=O)[O-])c(OC)cc1N1CCC(N2CCN(C(=O)OC(C)(C)C)CC2)CC1. The second-order valence-corrected chi connectivity index (χ2v) is 9.14. The van der Waals surface area contributed by atoms with Gasteiger partial charge in [-0.05, 0) is 33.6 Å². The Labute approximate surface area is 190 Å². The quantitative estimate of drug-likeness (QED) is 0.400. The molecule has 0 aliphatic carbocycles. The zero-order chi connectivity index (χ0) is 24.2. The number of benzene rings is 1. The van der Waals surface area contributed by atoms with Crippen LogP contribution in [0.1, 0.15) is 40.5 Å². The Hall–Kier alpha value is -2.99. The molecule has 1 amide bonds. The van der Waals surface area contributed by atoms with Crippen molar-refractivity contribution in [1.82, 2.24) is 9.80 Å². The van der Waals surface area contributed by atoms with Gasteiger partial charge in [-0.1, -0.05) is 5.92 Å². The number of nitro groups is 1. The van der Waals surface area contributed by atoms with Gasteiger partial charge in [-0.25, -0.2) is 4.79 Å². The molecule has 0 bridgehead atoms. The molecule has 0 spiro atoms. The number of methoxy groups -OCH3 is 1. The van der Waals surface area contributed by atoms with Crippen molar-refractivity contribution >= 4 is 17.5 Å². The fourth-order valence-corrected chi connectivity index (χ4v) is 4.29. The van der Waals surface area contributed by atoms with Gasteiger partial charge >= 0.3 is 11.8 Å². The van der Waals surface area contributed by atoms with Crippen LogP contribution >= 0.6 is 0 Å². The summed E-state index contributed by atoms with van der Waals surface area (Å²) in [5.74, 6) is 2.87. The summed E-state index contributed by atoms with van der Waals surface area (Å²) < 4.78 is 18.0. The molecule has 9 nitrogen and oxygen atoms in total. The topological polar surface area (TPSA) is 88.4 Å². The maximum atomic E-state index is 12.3. The van der Waals surface area contributed by atoms with Gasteiger partial charge in [-0.15, -0.1) is 6.40 Å². The van der Waals surface area contributed by atoms with Crippen LogP contribution in [-0.2, 0) is 4.74 Å². The molecule has 9 heteroatoms. The van der Waals surface area contributed by atoms with Gasteiger partial charge in [0.1, 0.15) is 6.97 Å². The monoisotopic (exact) mass is 445 g/mol. The van der Waals surface area contributed by atoms with E-state index in [0.717, 1.165) is 44.7 Å². The standard InChI is InChI=1S/C23H32N4O5/c1-6-17-15-20(27(29)30)21(31-5)16-19(17)25-9-7-18(8-10-25)24-11-13-26(14-12-24)22(28)32-23(2,3)4/h1,15-16,18H,7-14H2,2-5H3/i1D. The van der Waals surface area contributed by atoms with Crippen molar-refractivity contribution < 1.29 is 20.6 Å². The molecule has 0 atom stereocenters. The average Bonchev–Trinajstić information content (AvgIpc) is 2.78. The molecule has 0 unspecified atom stereocenters. The largest absolute Gasteiger partial charge is 0.490 e. The third kappa shape index (κ3) is 5.43. The van der Waals surface area contributed by atoms with E-state index in [1.807, 2.05) is 20.8 Å². The highest BCUT2D eigenvalue weighted by Crippen LogP contribution is 2.36. The molecule has 32 heavy (non-hydrogen) atoms. The number of terminal acetylenes is 1. The number of nitro benzene ring substituents is 1. The molecule has 2 aliphatic rings. The number of anilines is 1. The van der Waals surface area contributed by atoms with Gasteiger partial charge in [0.05, 0.1) is 23.3 Å². The molecule has 174 valence electrons. The Morgan fingerprint density at radius 3 is 2.41 bits per heavy atom. The summed E-state index contributed by atoms with van der Waals surface area (Å²) in [5, 5.41) is 11.4. The molecule has 2 heterocycles. The van der Waals surface area contributed by atoms with Crippen molar-refractivity contribution in [2.75, 3.05) is 51.3 Å². The second-order valence-electron chi connectivity index (χ2n) is 9.14. The summed E-state index contributed by atoms with van der Waals surface area (Å²) in [6.07, 6.45) is 3.72. The molecule has 2 aliphatic heterocycles. The zero-order valence-corrected chi connectivity index (χ0v) is 19.2. The molecule has 1 aromatic carbocycles. The molecule has 1 aromatic rings. The van der Waals surface area contributed by atoms with Gasteiger partial charge in [0.25, 0.3) is 0 Å². The minimum atomic E-state index is -0.499. The number of hydrogen-bond donors (Lipinski definition) is 0. The highest BCUT2D eigenvalue weighted by molar-refractivity contribution is 5.69. The number of carbonyl (C=O) groups is 1. The molecular weight excluding hydrogens is 412 g/mol. The fourth-order valence-electron chi connectivity index (χ4n) is 4.29. The van der Waals surface area contributed by atoms with Crippen LogP contribution in [0, 0.1) is 22.4 Å². The number of nitrogens with zero attached hydrogens (tertiary/aromatic N) is 4. The van der Waals surface area contributed by atoms with Crippen LogP contribution in [0.15, 0.2) is 12.1 Å². The third-order valence-electron chi connectivity index (χ3n) is 5.92. The highest BCUT2D eigenvalue weighted by Gasteiger charge is 2.31. The average molecular weight is 446 g/mol. The smallest absolute Gasteiger partial charge is 0.410 e. The normalized spacial score (nSPS) is 18.4. The van der Waals surface area contributed by atoms with Crippen molar-refractivity contribution in [3.05, 3.63) is 27.8 Å². The molecule has 0 saturated carbocycles. The van der Waals surface area contributed by atoms with Crippen LogP contribution in [0.2, 0.25) is 0 Å². The van der Waals surface area contributed by atoms with E-state index in [1.165, 1.54) is 13.2 Å². The predicted molar refractivity (Wildman–Crippen MR) is 122 cm³/mol. The maximum absolute atomic E-state index is 12.3. The number of hydrogen-bond acceptors (Lipinski definition) is 7. The van der Waals surface area contributed by atoms with E-state index < -0.39 is 10.5 Å². The van der Waals surface area contributed by atoms with Crippen LogP contribution < -0.4 is 9.64 Å². The van der Waals surface area contributed by atoms with E-state index in [9.17, 15) is 14.9 Å². The van der Waals surface area contributed by atoms with Crippen molar-refractivity contribution in [3.8, 4) is 18.1 Å². The zero-order valence-electron chi connectivity index (χ0n) is 20.2. The van der Waals surface area contributed by atoms with Crippen LogP contribution in [0.4, 0.5) is 16.2 Å². The first-order valence-electron chi connectivity index (χ1n) is 11.4. The lowest BCUT2D eigenvalue weighted by atomic mass is 10.00. The first kappa shape index (κ1) is 22.2. The van der Waals surface area contributed by atoms with E-state index in [-0.39, 0.29) is 17.5 Å². The summed E-state index contributed by atoms with van der Waals surface area (Å²) in [6, 6.07) is 3.45. The number of amides is 1. The lowest BCUT2D eigenvalue weighted by molar-refractivity contribution is -0.385. The summed E-state index contributed by atoms with van der Waals surface area (Å²) in [4.78, 5) is 29.5. The number of carbonyl (C=O) groups excluding carboxylic acids is 1. The summed E-state index contributed by atoms with van der Waals surface area (Å²) in [7, 11) is 1.41. The molecule has 0 N–H and O–H groups in total. The van der Waals surface area contributed by atoms with Gasteiger partial charge in [0.2, 0.25) is 0 Å². The Morgan fingerprint density at radius 2 is 1.88 bits per heavy atom. The van der Waals surface area contributed by atoms with E-state index in [0.29, 0.717) is 24.7 Å². The minimum Gasteiger partial charge on any atom is -0.490 e. The van der Waals surface area contributed by atoms with Crippen molar-refractivity contribution in [2.45, 2.75) is 45.3 Å². The number of piperidine rings is 1. The predicted octanol–water partition coefficient (Wildman–Crippen LogP) is 3.11. The van der Waals surface area contributed by atoms with Crippen molar-refractivity contribution in [2.24, 2.45) is 0 Å². The number of ether oxygens (including phenoxy) is 2. The molecule has 2 saturated heterocycles. The number of rotatable bonds is 4. The third-order valence-corrected chi connectivity index (χ3v) is 5.92. The Bertz CT molecular complexity index is 937. The molecule has 0 aromatic heterocycles. The summed E-state index contributed by atoms with van der Waals surface area (Å²) in [6.45, 7) is 10.1. The van der Waals surface area contributed by atoms with Gasteiger partial charge in [-0.2, -0.15) is 0 Å². The number of piperazine rings is 1. The Balaban J connectivity index is 1.62. The van der Waals surface area contributed by atoms with Crippen LogP contribution in [0.5, 0.6) is 5.75 Å². The highest BCUT2D eigenvalue weighted by atomic mass is 16.6. The summed E-state index contributed by atoms with van der Waals surface area (Å²) in [5.41, 5.74) is 0.564. The van der Waals surface area contributed by atoms with E-state index in [2.05, 4.69) is 22.1 Å². The molecule has 2 fully saturated rings. The minimum absolute atomic E-state index is 0.156. The lowest BCUT2D eigenvalue weighted by Crippen LogP contribution is -2.55. The first-order valence-corrected chi connectivity index (χ1v) is 10.9. The van der Waals surface area contributed by atoms with Crippen molar-refractivity contribution in [1.29, 1.82) is 0 Å². The van der Waals surface area contributed by atoms with Crippen molar-refractivity contribution in [3.63, 3.8) is 0 Å². The Morgan fingerprint density at radius 1 is 1.22 bits per heavy atom. The summed E-state index contributed by atoms with van der Waals surface area (Å²) >= 11 is 0. The van der Waals surface area contributed by atoms with Gasteiger partial charge in [0.15, 0.2) is 5.75 Å². The molecule has 3 rings (SSSR count). The first-order chi connectivity index (χ1) is 15.6. The van der Waals surface area contributed by atoms with Gasteiger partial charge in [0, 0.05) is 57.4 Å². The van der Waals surface area contributed by atoms with Gasteiger partial charge < -0.3 is 19.3 Å². The van der Waals surface area contributed by atoms with E-state index in [1.54, 1.807) is 11.0 Å². The van der Waals surface area contributed by atoms with Gasteiger partial charge in [-0.3, -0.25) is 15.0 Å². The Kier molecular flexibility index (Phi) is 6.70. The second kappa shape index (κ2) is 9.65. The molecular formula is C23H32N4O5. The maximum Gasteiger partial charge on any atom is 0.410 e. The lowest BCUT2D eigenvalue weighted by Gasteiger charge is -2.43. The van der Waals surface area contributed by atoms with Crippen LogP contribution in [-0.4, -0.2) is 78.8 Å².